The number of likely N-dealkylation sites (N-methyl/N-ethyl adjacent to an activating group) is 1. The molecule has 0 bridgehead atoms. The molecular formula is C19H23N3. The molecule has 0 aliphatic rings. The van der Waals surface area contributed by atoms with E-state index in [9.17, 15) is 0 Å². The standard InChI is InChI=1S/C19H23N3/c1-22(14-15-5-3-2-4-6-15)10-9-17-13-21-19-8-7-16(12-20)11-18(17)19/h2-8,11,13,21H,9-10,12,14,20H2,1H3. The van der Waals surface area contributed by atoms with Crippen molar-refractivity contribution >= 4 is 10.9 Å². The molecule has 1 aromatic heterocycles. The van der Waals surface area contributed by atoms with Gasteiger partial charge in [0.05, 0.1) is 0 Å². The summed E-state index contributed by atoms with van der Waals surface area (Å²) in [6.45, 7) is 2.61. The maximum absolute atomic E-state index is 5.75. The first-order chi connectivity index (χ1) is 10.8. The van der Waals surface area contributed by atoms with E-state index in [0.29, 0.717) is 6.54 Å². The van der Waals surface area contributed by atoms with Crippen LogP contribution in [0.15, 0.2) is 54.7 Å². The van der Waals surface area contributed by atoms with E-state index in [1.807, 2.05) is 0 Å². The highest BCUT2D eigenvalue weighted by molar-refractivity contribution is 5.83. The van der Waals surface area contributed by atoms with Crippen LogP contribution in [0, 0.1) is 0 Å². The van der Waals surface area contributed by atoms with Crippen molar-refractivity contribution in [3.05, 3.63) is 71.4 Å². The number of nitrogens with two attached hydrogens (primary N) is 1. The van der Waals surface area contributed by atoms with Crippen LogP contribution in [-0.2, 0) is 19.5 Å². The number of aromatic amines is 1. The van der Waals surface area contributed by atoms with Crippen molar-refractivity contribution in [1.29, 1.82) is 0 Å². The van der Waals surface area contributed by atoms with Crippen LogP contribution < -0.4 is 5.73 Å². The molecule has 0 fully saturated rings. The second kappa shape index (κ2) is 6.77. The molecule has 0 saturated heterocycles. The van der Waals surface area contributed by atoms with Crippen molar-refractivity contribution in [3.8, 4) is 0 Å². The molecule has 0 unspecified atom stereocenters. The Balaban J connectivity index is 1.66. The first-order valence-electron chi connectivity index (χ1n) is 7.77. The van der Waals surface area contributed by atoms with E-state index in [1.165, 1.54) is 27.6 Å². The molecule has 0 aliphatic heterocycles. The van der Waals surface area contributed by atoms with Crippen molar-refractivity contribution in [3.63, 3.8) is 0 Å². The molecule has 2 aromatic carbocycles. The number of fused-ring (bicyclic) bond motifs is 1. The summed E-state index contributed by atoms with van der Waals surface area (Å²) in [4.78, 5) is 5.72. The molecule has 0 amide bonds. The van der Waals surface area contributed by atoms with Gasteiger partial charge in [-0.2, -0.15) is 0 Å². The van der Waals surface area contributed by atoms with E-state index in [-0.39, 0.29) is 0 Å². The molecule has 1 heterocycles. The minimum absolute atomic E-state index is 0.592. The normalized spacial score (nSPS) is 11.4. The fourth-order valence-corrected chi connectivity index (χ4v) is 2.84. The van der Waals surface area contributed by atoms with Crippen molar-refractivity contribution in [2.45, 2.75) is 19.5 Å². The van der Waals surface area contributed by atoms with Gasteiger partial charge in [0.25, 0.3) is 0 Å². The highest BCUT2D eigenvalue weighted by Gasteiger charge is 2.06. The minimum Gasteiger partial charge on any atom is -0.361 e. The van der Waals surface area contributed by atoms with E-state index in [2.05, 4.69) is 71.7 Å². The van der Waals surface area contributed by atoms with Gasteiger partial charge in [0.1, 0.15) is 0 Å². The van der Waals surface area contributed by atoms with Gasteiger partial charge in [0.2, 0.25) is 0 Å². The van der Waals surface area contributed by atoms with Gasteiger partial charge in [-0.05, 0) is 42.3 Å². The molecular weight excluding hydrogens is 270 g/mol. The van der Waals surface area contributed by atoms with E-state index < -0.39 is 0 Å². The SMILES string of the molecule is CN(CCc1c[nH]c2ccc(CN)cc12)Cc1ccccc1. The molecule has 3 aromatic rings. The number of rotatable bonds is 6. The Kier molecular flexibility index (Phi) is 4.56. The molecule has 0 atom stereocenters. The summed E-state index contributed by atoms with van der Waals surface area (Å²) in [6, 6.07) is 17.0. The lowest BCUT2D eigenvalue weighted by molar-refractivity contribution is 0.331. The van der Waals surface area contributed by atoms with Gasteiger partial charge in [-0.25, -0.2) is 0 Å². The third-order valence-corrected chi connectivity index (χ3v) is 4.13. The zero-order valence-electron chi connectivity index (χ0n) is 13.0. The smallest absolute Gasteiger partial charge is 0.0457 e. The minimum atomic E-state index is 0.592. The first kappa shape index (κ1) is 14.8. The fourth-order valence-electron chi connectivity index (χ4n) is 2.84. The molecule has 0 spiro atoms. The topological polar surface area (TPSA) is 45.0 Å². The predicted molar refractivity (Wildman–Crippen MR) is 92.7 cm³/mol. The van der Waals surface area contributed by atoms with Gasteiger partial charge >= 0.3 is 0 Å². The quantitative estimate of drug-likeness (QED) is 0.732. The molecule has 0 aliphatic carbocycles. The van der Waals surface area contributed by atoms with Crippen LogP contribution in [-0.4, -0.2) is 23.5 Å². The molecule has 3 nitrogen and oxygen atoms in total. The summed E-state index contributed by atoms with van der Waals surface area (Å²) < 4.78 is 0. The summed E-state index contributed by atoms with van der Waals surface area (Å²) in [5, 5.41) is 1.30. The first-order valence-corrected chi connectivity index (χ1v) is 7.77. The predicted octanol–water partition coefficient (Wildman–Crippen LogP) is 3.30. The van der Waals surface area contributed by atoms with Gasteiger partial charge < -0.3 is 15.6 Å². The largest absolute Gasteiger partial charge is 0.361 e. The van der Waals surface area contributed by atoms with Gasteiger partial charge in [-0.1, -0.05) is 36.4 Å². The van der Waals surface area contributed by atoms with E-state index in [1.54, 1.807) is 0 Å². The zero-order chi connectivity index (χ0) is 15.4. The Bertz CT molecular complexity index is 731. The van der Waals surface area contributed by atoms with Crippen LogP contribution in [0.5, 0.6) is 0 Å². The van der Waals surface area contributed by atoms with Crippen molar-refractivity contribution in [2.75, 3.05) is 13.6 Å². The number of benzene rings is 2. The maximum atomic E-state index is 5.75. The Morgan fingerprint density at radius 1 is 1.05 bits per heavy atom. The van der Waals surface area contributed by atoms with Crippen LogP contribution in [0.25, 0.3) is 10.9 Å². The summed E-state index contributed by atoms with van der Waals surface area (Å²) in [7, 11) is 2.17. The molecule has 3 heteroatoms. The zero-order valence-corrected chi connectivity index (χ0v) is 13.0. The van der Waals surface area contributed by atoms with Gasteiger partial charge in [0, 0.05) is 36.7 Å². The Hall–Kier alpha value is -2.10. The molecule has 0 saturated carbocycles. The summed E-state index contributed by atoms with van der Waals surface area (Å²) in [5.41, 5.74) is 10.8. The molecule has 22 heavy (non-hydrogen) atoms. The number of H-pyrrole nitrogens is 1. The lowest BCUT2D eigenvalue weighted by Gasteiger charge is -2.16. The highest BCUT2D eigenvalue weighted by atomic mass is 15.1. The van der Waals surface area contributed by atoms with Crippen LogP contribution in [0.1, 0.15) is 16.7 Å². The van der Waals surface area contributed by atoms with Crippen LogP contribution in [0.3, 0.4) is 0 Å². The molecule has 3 N–H and O–H groups in total. The lowest BCUT2D eigenvalue weighted by Crippen LogP contribution is -2.20. The average molecular weight is 293 g/mol. The van der Waals surface area contributed by atoms with Crippen LogP contribution in [0.4, 0.5) is 0 Å². The number of nitrogens with zero attached hydrogens (tertiary/aromatic N) is 1. The van der Waals surface area contributed by atoms with Gasteiger partial charge in [-0.3, -0.25) is 0 Å². The Labute approximate surface area is 131 Å². The van der Waals surface area contributed by atoms with Crippen LogP contribution in [0.2, 0.25) is 0 Å². The maximum Gasteiger partial charge on any atom is 0.0457 e. The number of hydrogen-bond acceptors (Lipinski definition) is 2. The van der Waals surface area contributed by atoms with Crippen molar-refractivity contribution < 1.29 is 0 Å². The van der Waals surface area contributed by atoms with Gasteiger partial charge in [0.15, 0.2) is 0 Å². The number of aromatic nitrogens is 1. The average Bonchev–Trinajstić information content (AvgIpc) is 2.96. The highest BCUT2D eigenvalue weighted by Crippen LogP contribution is 2.20. The summed E-state index contributed by atoms with van der Waals surface area (Å²) in [6.07, 6.45) is 3.17. The monoisotopic (exact) mass is 293 g/mol. The van der Waals surface area contributed by atoms with E-state index >= 15 is 0 Å². The number of hydrogen-bond donors (Lipinski definition) is 2. The summed E-state index contributed by atoms with van der Waals surface area (Å²) >= 11 is 0. The fraction of sp³-hybridized carbons (Fsp3) is 0.263. The third-order valence-electron chi connectivity index (χ3n) is 4.13. The molecule has 114 valence electrons. The third kappa shape index (κ3) is 3.38. The molecule has 3 rings (SSSR count). The Morgan fingerprint density at radius 3 is 2.64 bits per heavy atom. The molecule has 0 radical (unpaired) electrons. The van der Waals surface area contributed by atoms with Crippen molar-refractivity contribution in [1.82, 2.24) is 9.88 Å². The summed E-state index contributed by atoms with van der Waals surface area (Å²) in [5.74, 6) is 0. The van der Waals surface area contributed by atoms with Crippen LogP contribution >= 0.6 is 0 Å². The van der Waals surface area contributed by atoms with E-state index in [4.69, 9.17) is 5.73 Å². The number of nitrogens with one attached hydrogen (secondary N) is 1. The Morgan fingerprint density at radius 2 is 1.86 bits per heavy atom. The second-order valence-corrected chi connectivity index (χ2v) is 5.87. The van der Waals surface area contributed by atoms with Gasteiger partial charge in [-0.15, -0.1) is 0 Å². The van der Waals surface area contributed by atoms with E-state index in [0.717, 1.165) is 19.5 Å². The lowest BCUT2D eigenvalue weighted by atomic mass is 10.1. The second-order valence-electron chi connectivity index (χ2n) is 5.87. The van der Waals surface area contributed by atoms with Crippen molar-refractivity contribution in [2.24, 2.45) is 5.73 Å².